The second-order valence-electron chi connectivity index (χ2n) is 2.68. The number of carboxylic acids is 1. The van der Waals surface area contributed by atoms with Crippen molar-refractivity contribution in [2.24, 2.45) is 0 Å². The fourth-order valence-electron chi connectivity index (χ4n) is 1.08. The Balaban J connectivity index is 3.34. The summed E-state index contributed by atoms with van der Waals surface area (Å²) in [5.41, 5.74) is -0.913. The van der Waals surface area contributed by atoms with Crippen LogP contribution in [0.1, 0.15) is 20.7 Å². The van der Waals surface area contributed by atoms with E-state index in [9.17, 15) is 14.7 Å². The Hall–Kier alpha value is -1.54. The van der Waals surface area contributed by atoms with E-state index in [1.165, 1.54) is 0 Å². The van der Waals surface area contributed by atoms with Gasteiger partial charge in [0.2, 0.25) is 0 Å². The van der Waals surface area contributed by atoms with E-state index >= 15 is 0 Å². The van der Waals surface area contributed by atoms with Crippen molar-refractivity contribution in [3.05, 3.63) is 23.3 Å². The molecule has 0 saturated heterocycles. The van der Waals surface area contributed by atoms with Crippen LogP contribution in [-0.4, -0.2) is 27.2 Å². The number of aromatic carboxylic acids is 1. The fraction of sp³-hybridized carbons (Fsp3) is 0. The molecule has 0 aromatic heterocycles. The number of hydrogen-bond donors (Lipinski definition) is 5. The van der Waals surface area contributed by atoms with Crippen LogP contribution >= 0.6 is 22.6 Å². The highest BCUT2D eigenvalue weighted by molar-refractivity contribution is 8.68. The van der Waals surface area contributed by atoms with Gasteiger partial charge >= 0.3 is 5.97 Å². The van der Waals surface area contributed by atoms with Crippen molar-refractivity contribution in [1.29, 1.82) is 0 Å². The predicted octanol–water partition coefficient (Wildman–Crippen LogP) is 1.02. The van der Waals surface area contributed by atoms with E-state index in [2.05, 4.69) is 16.4 Å². The number of hydrogen-bond acceptors (Lipinski definition) is 6. The maximum atomic E-state index is 11.4. The Labute approximate surface area is 99.2 Å². The maximum absolute atomic E-state index is 11.4. The molecule has 0 saturated carbocycles. The fourth-order valence-corrected chi connectivity index (χ4v) is 1.52. The van der Waals surface area contributed by atoms with Gasteiger partial charge in [0.25, 0.3) is 5.91 Å². The highest BCUT2D eigenvalue weighted by Crippen LogP contribution is 2.31. The summed E-state index contributed by atoms with van der Waals surface area (Å²) in [7, 11) is 0.693. The molecule has 0 atom stereocenters. The first-order valence-corrected chi connectivity index (χ1v) is 5.75. The van der Waals surface area contributed by atoms with Crippen molar-refractivity contribution in [2.45, 2.75) is 0 Å². The average Bonchev–Trinajstić information content (AvgIpc) is 2.21. The third-order valence-electron chi connectivity index (χ3n) is 1.75. The highest BCUT2D eigenvalue weighted by atomic mass is 33.1. The SMILES string of the molecule is O=C(NSS)c1ccc(O)c(O)c1C(=O)O. The number of amides is 1. The van der Waals surface area contributed by atoms with Crippen molar-refractivity contribution in [3.8, 4) is 11.5 Å². The molecule has 1 rings (SSSR count). The average molecular weight is 261 g/mol. The molecule has 86 valence electrons. The quantitative estimate of drug-likeness (QED) is 0.241. The monoisotopic (exact) mass is 261 g/mol. The van der Waals surface area contributed by atoms with E-state index in [-0.39, 0.29) is 5.56 Å². The molecule has 1 amide bonds. The third-order valence-corrected chi connectivity index (χ3v) is 2.30. The standard InChI is InChI=1S/C8H7NO5S2/c10-4-2-1-3(7(12)9-16-15)5(6(4)11)8(13)14/h1-2,10-11,15H,(H,9,12)(H,13,14). The van der Waals surface area contributed by atoms with E-state index < -0.39 is 28.9 Å². The van der Waals surface area contributed by atoms with Crippen molar-refractivity contribution in [3.63, 3.8) is 0 Å². The van der Waals surface area contributed by atoms with E-state index in [1.807, 2.05) is 0 Å². The van der Waals surface area contributed by atoms with Crippen LogP contribution in [0.15, 0.2) is 12.1 Å². The minimum atomic E-state index is -1.51. The molecule has 0 aliphatic rings. The van der Waals surface area contributed by atoms with Gasteiger partial charge in [-0.15, -0.1) is 0 Å². The Kier molecular flexibility index (Phi) is 3.91. The van der Waals surface area contributed by atoms with Crippen molar-refractivity contribution in [1.82, 2.24) is 4.72 Å². The lowest BCUT2D eigenvalue weighted by Gasteiger charge is -2.08. The molecule has 0 fully saturated rings. The molecule has 0 aliphatic carbocycles. The van der Waals surface area contributed by atoms with Gasteiger partial charge in [0.1, 0.15) is 5.56 Å². The second-order valence-corrected chi connectivity index (χ2v) is 3.62. The molecule has 6 nitrogen and oxygen atoms in total. The molecule has 1 aromatic rings. The van der Waals surface area contributed by atoms with Crippen LogP contribution in [0, 0.1) is 0 Å². The molecule has 0 unspecified atom stereocenters. The van der Waals surface area contributed by atoms with Gasteiger partial charge < -0.3 is 15.3 Å². The summed E-state index contributed by atoms with van der Waals surface area (Å²) in [5, 5.41) is 27.3. The highest BCUT2D eigenvalue weighted by Gasteiger charge is 2.22. The summed E-state index contributed by atoms with van der Waals surface area (Å²) in [6, 6.07) is 2.12. The zero-order valence-corrected chi connectivity index (χ0v) is 9.38. The lowest BCUT2D eigenvalue weighted by molar-refractivity contribution is 0.0687. The Morgan fingerprint density at radius 3 is 2.44 bits per heavy atom. The summed E-state index contributed by atoms with van der Waals surface area (Å²) in [4.78, 5) is 22.2. The van der Waals surface area contributed by atoms with Crippen LogP contribution in [0.5, 0.6) is 11.5 Å². The molecule has 8 heteroatoms. The minimum Gasteiger partial charge on any atom is -0.504 e. The topological polar surface area (TPSA) is 107 Å². The van der Waals surface area contributed by atoms with Crippen LogP contribution in [0.2, 0.25) is 0 Å². The third kappa shape index (κ3) is 2.34. The van der Waals surface area contributed by atoms with Gasteiger partial charge in [0, 0.05) is 11.0 Å². The number of nitrogens with one attached hydrogen (secondary N) is 1. The van der Waals surface area contributed by atoms with Gasteiger partial charge in [0.15, 0.2) is 11.5 Å². The molecular formula is C8H7NO5S2. The molecule has 4 N–H and O–H groups in total. The largest absolute Gasteiger partial charge is 0.504 e. The molecule has 16 heavy (non-hydrogen) atoms. The van der Waals surface area contributed by atoms with Crippen LogP contribution in [-0.2, 0) is 0 Å². The number of rotatable bonds is 3. The predicted molar refractivity (Wildman–Crippen MR) is 60.8 cm³/mol. The Morgan fingerprint density at radius 1 is 1.31 bits per heavy atom. The van der Waals surface area contributed by atoms with Crippen molar-refractivity contribution < 1.29 is 24.9 Å². The van der Waals surface area contributed by atoms with Crippen molar-refractivity contribution in [2.75, 3.05) is 0 Å². The molecule has 0 heterocycles. The van der Waals surface area contributed by atoms with E-state index in [4.69, 9.17) is 10.2 Å². The van der Waals surface area contributed by atoms with E-state index in [1.54, 1.807) is 0 Å². The van der Waals surface area contributed by atoms with Crippen LogP contribution in [0.25, 0.3) is 0 Å². The summed E-state index contributed by atoms with van der Waals surface area (Å²) in [6.45, 7) is 0. The molecule has 0 aliphatic heterocycles. The lowest BCUT2D eigenvalue weighted by Crippen LogP contribution is -2.18. The first-order chi connectivity index (χ1) is 7.49. The van der Waals surface area contributed by atoms with Crippen molar-refractivity contribution >= 4 is 34.5 Å². The second kappa shape index (κ2) is 4.99. The smallest absolute Gasteiger partial charge is 0.340 e. The first-order valence-electron chi connectivity index (χ1n) is 3.88. The van der Waals surface area contributed by atoms with Gasteiger partial charge in [-0.25, -0.2) is 4.79 Å². The van der Waals surface area contributed by atoms with Crippen LogP contribution < -0.4 is 4.72 Å². The van der Waals surface area contributed by atoms with Gasteiger partial charge in [-0.2, -0.15) is 0 Å². The maximum Gasteiger partial charge on any atom is 0.340 e. The summed E-state index contributed by atoms with van der Waals surface area (Å²) in [5.74, 6) is -3.69. The van der Waals surface area contributed by atoms with E-state index in [0.29, 0.717) is 11.0 Å². The summed E-state index contributed by atoms with van der Waals surface area (Å²) >= 11 is 3.67. The number of carboxylic acid groups (broad SMARTS) is 1. The first kappa shape index (κ1) is 12.5. The Bertz CT molecular complexity index is 448. The van der Waals surface area contributed by atoms with Crippen LogP contribution in [0.4, 0.5) is 0 Å². The number of carbonyl (C=O) groups excluding carboxylic acids is 1. The molecule has 0 bridgehead atoms. The van der Waals surface area contributed by atoms with E-state index in [0.717, 1.165) is 12.1 Å². The molecule has 0 spiro atoms. The molecule has 1 aromatic carbocycles. The van der Waals surface area contributed by atoms with Gasteiger partial charge in [-0.1, -0.05) is 11.7 Å². The Morgan fingerprint density at radius 2 is 1.94 bits per heavy atom. The number of phenolic OH excluding ortho intramolecular Hbond substituents is 1. The zero-order valence-electron chi connectivity index (χ0n) is 7.67. The zero-order chi connectivity index (χ0) is 12.3. The molecular weight excluding hydrogens is 254 g/mol. The van der Waals surface area contributed by atoms with Gasteiger partial charge in [-0.05, 0) is 12.1 Å². The van der Waals surface area contributed by atoms with Gasteiger partial charge in [0.05, 0.1) is 5.56 Å². The number of phenols is 2. The van der Waals surface area contributed by atoms with Gasteiger partial charge in [-0.3, -0.25) is 9.52 Å². The number of benzene rings is 1. The lowest BCUT2D eigenvalue weighted by atomic mass is 10.1. The summed E-state index contributed by atoms with van der Waals surface area (Å²) in [6.07, 6.45) is 0. The minimum absolute atomic E-state index is 0.260. The molecule has 0 radical (unpaired) electrons. The number of carbonyl (C=O) groups is 2. The summed E-state index contributed by atoms with van der Waals surface area (Å²) < 4.78 is 2.19. The normalized spacial score (nSPS) is 9.81. The van der Waals surface area contributed by atoms with Crippen LogP contribution in [0.3, 0.4) is 0 Å². The number of aromatic hydroxyl groups is 2. The number of thiol groups is 1.